The lowest BCUT2D eigenvalue weighted by Gasteiger charge is -2.36. The number of alkyl halides is 2. The number of aromatic nitrogens is 6. The number of hydrogen-bond donors (Lipinski definition) is 0. The molecule has 0 radical (unpaired) electrons. The molecule has 0 aliphatic heterocycles. The highest BCUT2D eigenvalue weighted by Gasteiger charge is 2.33. The Morgan fingerprint density at radius 3 is 2.86 bits per heavy atom. The Morgan fingerprint density at radius 1 is 1.31 bits per heavy atom. The lowest BCUT2D eigenvalue weighted by molar-refractivity contribution is 0.0568. The molecule has 6 nitrogen and oxygen atoms in total. The molecule has 5 rings (SSSR count). The van der Waals surface area contributed by atoms with Crippen molar-refractivity contribution < 1.29 is 8.78 Å². The van der Waals surface area contributed by atoms with Crippen molar-refractivity contribution in [3.63, 3.8) is 0 Å². The molecule has 9 heteroatoms. The van der Waals surface area contributed by atoms with E-state index in [2.05, 4.69) is 40.9 Å². The molecule has 0 saturated heterocycles. The van der Waals surface area contributed by atoms with Crippen LogP contribution in [0.4, 0.5) is 8.78 Å². The molecule has 0 amide bonds. The molecule has 1 atom stereocenters. The van der Waals surface area contributed by atoms with Crippen LogP contribution in [0.3, 0.4) is 0 Å². The lowest BCUT2D eigenvalue weighted by Crippen LogP contribution is -2.28. The topological polar surface area (TPSA) is 60.9 Å². The van der Waals surface area contributed by atoms with E-state index in [1.807, 2.05) is 0 Å². The van der Waals surface area contributed by atoms with E-state index in [-0.39, 0.29) is 0 Å². The van der Waals surface area contributed by atoms with Gasteiger partial charge in [-0.3, -0.25) is 0 Å². The average molecular weight is 417 g/mol. The zero-order valence-corrected chi connectivity index (χ0v) is 17.4. The van der Waals surface area contributed by atoms with Crippen molar-refractivity contribution in [3.05, 3.63) is 29.0 Å². The fourth-order valence-electron chi connectivity index (χ4n) is 4.20. The molecule has 0 spiro atoms. The first-order valence-corrected chi connectivity index (χ1v) is 10.7. The minimum atomic E-state index is -2.68. The summed E-state index contributed by atoms with van der Waals surface area (Å²) in [6.45, 7) is 4.29. The smallest absolute Gasteiger partial charge is 0.225 e. The molecule has 4 aromatic rings. The van der Waals surface area contributed by atoms with Crippen LogP contribution in [-0.2, 0) is 12.8 Å². The summed E-state index contributed by atoms with van der Waals surface area (Å²) < 4.78 is 27.9. The number of aryl methyl sites for hydroxylation is 1. The first-order valence-electron chi connectivity index (χ1n) is 9.86. The normalized spacial score (nSPS) is 17.5. The quantitative estimate of drug-likeness (QED) is 0.462. The first kappa shape index (κ1) is 18.6. The van der Waals surface area contributed by atoms with Gasteiger partial charge in [-0.15, -0.1) is 16.4 Å². The Labute approximate surface area is 170 Å². The maximum atomic E-state index is 12.8. The lowest BCUT2D eigenvalue weighted by atomic mass is 9.70. The minimum absolute atomic E-state index is 0.322. The van der Waals surface area contributed by atoms with E-state index < -0.39 is 6.55 Å². The van der Waals surface area contributed by atoms with Gasteiger partial charge in [0.25, 0.3) is 0 Å². The van der Waals surface area contributed by atoms with E-state index in [0.29, 0.717) is 27.5 Å². The fraction of sp³-hybridized carbons (Fsp3) is 0.500. The van der Waals surface area contributed by atoms with Crippen LogP contribution in [0, 0.1) is 11.3 Å². The van der Waals surface area contributed by atoms with E-state index >= 15 is 0 Å². The molecule has 152 valence electrons. The monoisotopic (exact) mass is 416 g/mol. The SMILES string of the molecule is CCC(C)(C)C1CCc2c(sc3ncn4nc(-c5ccn(C(F)F)n5)nc4c23)C1. The molecule has 1 aliphatic rings. The molecule has 0 aromatic carbocycles. The van der Waals surface area contributed by atoms with Gasteiger partial charge >= 0.3 is 6.55 Å². The van der Waals surface area contributed by atoms with Crippen LogP contribution >= 0.6 is 11.3 Å². The minimum Gasteiger partial charge on any atom is -0.225 e. The van der Waals surface area contributed by atoms with Gasteiger partial charge in [0.15, 0.2) is 5.65 Å². The Bertz CT molecular complexity index is 1200. The molecular formula is C20H22F2N6S. The predicted molar refractivity (Wildman–Crippen MR) is 108 cm³/mol. The third-order valence-corrected chi connectivity index (χ3v) is 7.60. The molecular weight excluding hydrogens is 394 g/mol. The Morgan fingerprint density at radius 2 is 2.14 bits per heavy atom. The van der Waals surface area contributed by atoms with Crippen LogP contribution < -0.4 is 0 Å². The number of nitrogens with zero attached hydrogens (tertiary/aromatic N) is 6. The second-order valence-electron chi connectivity index (χ2n) is 8.37. The van der Waals surface area contributed by atoms with Gasteiger partial charge < -0.3 is 0 Å². The average Bonchev–Trinajstić information content (AvgIpc) is 3.41. The van der Waals surface area contributed by atoms with Crippen LogP contribution in [0.2, 0.25) is 0 Å². The number of halogens is 2. The largest absolute Gasteiger partial charge is 0.333 e. The van der Waals surface area contributed by atoms with Crippen molar-refractivity contribution >= 4 is 27.2 Å². The number of hydrogen-bond acceptors (Lipinski definition) is 5. The standard InChI is InChI=1S/C20H22F2N6S/c1-4-20(2,3)11-5-6-12-14(9-11)29-18-15(12)17-24-16(26-28(17)10-23-18)13-7-8-27(25-13)19(21)22/h7-8,10-11,19H,4-6,9H2,1-3H3. The predicted octanol–water partition coefficient (Wildman–Crippen LogP) is 5.14. The van der Waals surface area contributed by atoms with Crippen LogP contribution in [0.1, 0.15) is 50.6 Å². The van der Waals surface area contributed by atoms with Crippen molar-refractivity contribution in [2.75, 3.05) is 0 Å². The molecule has 1 unspecified atom stereocenters. The van der Waals surface area contributed by atoms with Crippen molar-refractivity contribution in [2.24, 2.45) is 11.3 Å². The number of rotatable bonds is 4. The summed E-state index contributed by atoms with van der Waals surface area (Å²) in [6.07, 6.45) is 7.28. The van der Waals surface area contributed by atoms with Gasteiger partial charge in [0, 0.05) is 11.1 Å². The van der Waals surface area contributed by atoms with Gasteiger partial charge in [0.1, 0.15) is 16.9 Å². The zero-order chi connectivity index (χ0) is 20.3. The third-order valence-electron chi connectivity index (χ3n) is 6.44. The summed E-state index contributed by atoms with van der Waals surface area (Å²) in [5.74, 6) is 0.996. The molecule has 0 bridgehead atoms. The van der Waals surface area contributed by atoms with E-state index in [1.165, 1.54) is 29.1 Å². The van der Waals surface area contributed by atoms with E-state index in [1.54, 1.807) is 22.2 Å². The highest BCUT2D eigenvalue weighted by atomic mass is 32.1. The fourth-order valence-corrected chi connectivity index (χ4v) is 5.47. The summed E-state index contributed by atoms with van der Waals surface area (Å²) in [4.78, 5) is 11.6. The third kappa shape index (κ3) is 2.94. The van der Waals surface area contributed by atoms with Gasteiger partial charge in [-0.2, -0.15) is 13.9 Å². The molecule has 4 heterocycles. The highest BCUT2D eigenvalue weighted by molar-refractivity contribution is 7.19. The van der Waals surface area contributed by atoms with Gasteiger partial charge in [-0.25, -0.2) is 19.2 Å². The summed E-state index contributed by atoms with van der Waals surface area (Å²) in [5.41, 5.74) is 2.70. The molecule has 0 fully saturated rings. The van der Waals surface area contributed by atoms with Crippen molar-refractivity contribution in [3.8, 4) is 11.5 Å². The molecule has 29 heavy (non-hydrogen) atoms. The van der Waals surface area contributed by atoms with Crippen LogP contribution in [0.15, 0.2) is 18.6 Å². The number of fused-ring (bicyclic) bond motifs is 5. The second kappa shape index (κ2) is 6.55. The van der Waals surface area contributed by atoms with Crippen molar-refractivity contribution in [1.29, 1.82) is 0 Å². The highest BCUT2D eigenvalue weighted by Crippen LogP contribution is 2.45. The maximum Gasteiger partial charge on any atom is 0.333 e. The van der Waals surface area contributed by atoms with Gasteiger partial charge in [0.05, 0.1) is 5.39 Å². The Kier molecular flexibility index (Phi) is 4.20. The van der Waals surface area contributed by atoms with Crippen molar-refractivity contribution in [1.82, 2.24) is 29.4 Å². The Hall–Kier alpha value is -2.42. The van der Waals surface area contributed by atoms with Gasteiger partial charge in [-0.1, -0.05) is 27.2 Å². The van der Waals surface area contributed by atoms with Gasteiger partial charge in [0.2, 0.25) is 5.82 Å². The molecule has 1 aliphatic carbocycles. The summed E-state index contributed by atoms with van der Waals surface area (Å²) >= 11 is 1.75. The second-order valence-corrected chi connectivity index (χ2v) is 9.46. The van der Waals surface area contributed by atoms with Crippen molar-refractivity contribution in [2.45, 2.75) is 53.0 Å². The first-order chi connectivity index (χ1) is 13.9. The van der Waals surface area contributed by atoms with E-state index in [0.717, 1.165) is 35.1 Å². The zero-order valence-electron chi connectivity index (χ0n) is 16.6. The van der Waals surface area contributed by atoms with Crippen LogP contribution in [0.5, 0.6) is 0 Å². The van der Waals surface area contributed by atoms with E-state index in [9.17, 15) is 8.78 Å². The molecule has 0 N–H and O–H groups in total. The van der Waals surface area contributed by atoms with Crippen LogP contribution in [0.25, 0.3) is 27.4 Å². The molecule has 4 aromatic heterocycles. The summed E-state index contributed by atoms with van der Waals surface area (Å²) in [6, 6.07) is 1.51. The maximum absolute atomic E-state index is 12.8. The number of thiophene rings is 1. The van der Waals surface area contributed by atoms with Gasteiger partial charge in [-0.05, 0) is 42.2 Å². The molecule has 0 saturated carbocycles. The van der Waals surface area contributed by atoms with Crippen LogP contribution in [-0.4, -0.2) is 29.4 Å². The van der Waals surface area contributed by atoms with E-state index in [4.69, 9.17) is 0 Å². The summed E-state index contributed by atoms with van der Waals surface area (Å²) in [7, 11) is 0. The summed E-state index contributed by atoms with van der Waals surface area (Å²) in [5, 5.41) is 9.36. The Balaban J connectivity index is 1.60.